The number of ketones is 1. The molecule has 1 rings (SSSR count). The Hall–Kier alpha value is -0.840. The van der Waals surface area contributed by atoms with Crippen molar-refractivity contribution in [1.29, 1.82) is 0 Å². The number of ether oxygens (including phenoxy) is 1. The maximum absolute atomic E-state index is 11.5. The van der Waals surface area contributed by atoms with Crippen molar-refractivity contribution >= 4 is 27.8 Å². The topological polar surface area (TPSA) is 55.4 Å². The lowest BCUT2D eigenvalue weighted by atomic mass is 10.0. The summed E-state index contributed by atoms with van der Waals surface area (Å²) in [7, 11) is 0. The van der Waals surface area contributed by atoms with Gasteiger partial charge in [-0.2, -0.15) is 0 Å². The molecule has 1 amide bonds. The van der Waals surface area contributed by atoms with Crippen LogP contribution in [0.15, 0.2) is 10.6 Å². The number of Topliss-reactive ketones (excluding diaryl/α,β-unsaturated/α-hetero) is 1. The molecule has 1 aliphatic rings. The Balaban J connectivity index is 2.50. The van der Waals surface area contributed by atoms with Crippen molar-refractivity contribution < 1.29 is 14.3 Å². The van der Waals surface area contributed by atoms with Crippen LogP contribution in [0.3, 0.4) is 0 Å². The molecule has 1 N–H and O–H groups in total. The van der Waals surface area contributed by atoms with E-state index in [2.05, 4.69) is 21.2 Å². The highest BCUT2D eigenvalue weighted by atomic mass is 79.9. The van der Waals surface area contributed by atoms with E-state index in [1.165, 1.54) is 0 Å². The number of allylic oxidation sites excluding steroid dienone is 1. The Bertz CT molecular complexity index is 331. The smallest absolute Gasteiger partial charge is 0.408 e. The van der Waals surface area contributed by atoms with E-state index < -0.39 is 11.7 Å². The van der Waals surface area contributed by atoms with Gasteiger partial charge >= 0.3 is 6.09 Å². The van der Waals surface area contributed by atoms with Gasteiger partial charge in [0.25, 0.3) is 0 Å². The van der Waals surface area contributed by atoms with Crippen molar-refractivity contribution in [3.63, 3.8) is 0 Å². The number of hydrogen-bond acceptors (Lipinski definition) is 3. The SMILES string of the molecule is CC(C)(C)OC(=O)N[C@@H]1C=C(Br)C(=O)CC1. The van der Waals surface area contributed by atoms with Crippen LogP contribution in [0, 0.1) is 0 Å². The van der Waals surface area contributed by atoms with Crippen LogP contribution >= 0.6 is 15.9 Å². The average Bonchev–Trinajstić information content (AvgIpc) is 2.08. The average molecular weight is 290 g/mol. The summed E-state index contributed by atoms with van der Waals surface area (Å²) in [6, 6.07) is -0.137. The first-order chi connectivity index (χ1) is 7.28. The Morgan fingerprint density at radius 3 is 2.69 bits per heavy atom. The number of rotatable bonds is 1. The van der Waals surface area contributed by atoms with Gasteiger partial charge in [-0.1, -0.05) is 0 Å². The lowest BCUT2D eigenvalue weighted by Gasteiger charge is -2.23. The molecule has 1 aliphatic carbocycles. The molecule has 0 aromatic heterocycles. The Morgan fingerprint density at radius 1 is 1.56 bits per heavy atom. The number of amides is 1. The first-order valence-electron chi connectivity index (χ1n) is 5.18. The summed E-state index contributed by atoms with van der Waals surface area (Å²) in [5, 5.41) is 2.71. The van der Waals surface area contributed by atoms with Crippen molar-refractivity contribution in [2.24, 2.45) is 0 Å². The number of halogens is 1. The first-order valence-corrected chi connectivity index (χ1v) is 5.97. The maximum Gasteiger partial charge on any atom is 0.408 e. The van der Waals surface area contributed by atoms with Gasteiger partial charge in [0.2, 0.25) is 0 Å². The minimum Gasteiger partial charge on any atom is -0.444 e. The van der Waals surface area contributed by atoms with Crippen molar-refractivity contribution in [3.05, 3.63) is 10.6 Å². The summed E-state index contributed by atoms with van der Waals surface area (Å²) >= 11 is 3.16. The highest BCUT2D eigenvalue weighted by Crippen LogP contribution is 2.19. The van der Waals surface area contributed by atoms with Crippen LogP contribution in [0.25, 0.3) is 0 Å². The molecule has 4 nitrogen and oxygen atoms in total. The lowest BCUT2D eigenvalue weighted by Crippen LogP contribution is -2.39. The second-order valence-corrected chi connectivity index (χ2v) is 5.58. The highest BCUT2D eigenvalue weighted by molar-refractivity contribution is 9.12. The van der Waals surface area contributed by atoms with E-state index >= 15 is 0 Å². The summed E-state index contributed by atoms with van der Waals surface area (Å²) in [6.45, 7) is 5.42. The molecule has 0 aromatic carbocycles. The molecule has 0 aromatic rings. The van der Waals surface area contributed by atoms with Crippen molar-refractivity contribution in [3.8, 4) is 0 Å². The van der Waals surface area contributed by atoms with Crippen molar-refractivity contribution in [2.45, 2.75) is 45.3 Å². The summed E-state index contributed by atoms with van der Waals surface area (Å²) in [4.78, 5) is 22.6. The maximum atomic E-state index is 11.5. The second-order valence-electron chi connectivity index (χ2n) is 4.73. The van der Waals surface area contributed by atoms with Crippen LogP contribution in [0.5, 0.6) is 0 Å². The number of carbonyl (C=O) groups excluding carboxylic acids is 2. The van der Waals surface area contributed by atoms with E-state index in [4.69, 9.17) is 4.74 Å². The van der Waals surface area contributed by atoms with Gasteiger partial charge in [0, 0.05) is 6.42 Å². The van der Waals surface area contributed by atoms with Gasteiger partial charge in [-0.15, -0.1) is 0 Å². The van der Waals surface area contributed by atoms with Gasteiger partial charge < -0.3 is 10.1 Å². The Kier molecular flexibility index (Phi) is 4.13. The van der Waals surface area contributed by atoms with Gasteiger partial charge in [-0.25, -0.2) is 4.79 Å². The standard InChI is InChI=1S/C11H16BrNO3/c1-11(2,3)16-10(15)13-7-4-5-9(14)8(12)6-7/h6-7H,4-5H2,1-3H3,(H,13,15)/t7-/m0/s1. The fourth-order valence-corrected chi connectivity index (χ4v) is 1.85. The molecule has 0 saturated heterocycles. The predicted octanol–water partition coefficient (Wildman–Crippen LogP) is 2.52. The highest BCUT2D eigenvalue weighted by Gasteiger charge is 2.22. The Labute approximate surface area is 104 Å². The zero-order chi connectivity index (χ0) is 12.3. The zero-order valence-electron chi connectivity index (χ0n) is 9.67. The molecule has 0 saturated carbocycles. The predicted molar refractivity (Wildman–Crippen MR) is 64.4 cm³/mol. The van der Waals surface area contributed by atoms with E-state index in [1.807, 2.05) is 20.8 Å². The fourth-order valence-electron chi connectivity index (χ4n) is 1.33. The molecule has 5 heteroatoms. The van der Waals surface area contributed by atoms with Crippen LogP contribution in [0.4, 0.5) is 4.79 Å². The monoisotopic (exact) mass is 289 g/mol. The molecule has 0 aliphatic heterocycles. The number of carbonyl (C=O) groups is 2. The first kappa shape index (κ1) is 13.2. The van der Waals surface area contributed by atoms with Gasteiger partial charge in [-0.05, 0) is 49.2 Å². The van der Waals surface area contributed by atoms with Gasteiger partial charge in [0.1, 0.15) is 5.60 Å². The van der Waals surface area contributed by atoms with Crippen molar-refractivity contribution in [2.75, 3.05) is 0 Å². The quantitative estimate of drug-likeness (QED) is 0.807. The molecular formula is C11H16BrNO3. The molecular weight excluding hydrogens is 274 g/mol. The van der Waals surface area contributed by atoms with Crippen molar-refractivity contribution in [1.82, 2.24) is 5.32 Å². The number of alkyl carbamates (subject to hydrolysis) is 1. The summed E-state index contributed by atoms with van der Waals surface area (Å²) in [5.41, 5.74) is -0.504. The third kappa shape index (κ3) is 4.35. The molecule has 0 radical (unpaired) electrons. The van der Waals surface area contributed by atoms with Crippen LogP contribution < -0.4 is 5.32 Å². The minimum atomic E-state index is -0.504. The number of nitrogens with one attached hydrogen (secondary N) is 1. The molecule has 0 heterocycles. The van der Waals surface area contributed by atoms with Gasteiger partial charge in [-0.3, -0.25) is 4.79 Å². The molecule has 90 valence electrons. The van der Waals surface area contributed by atoms with Gasteiger partial charge in [0.05, 0.1) is 10.5 Å². The third-order valence-electron chi connectivity index (χ3n) is 2.00. The van der Waals surface area contributed by atoms with Crippen LogP contribution in [0.1, 0.15) is 33.6 Å². The molecule has 16 heavy (non-hydrogen) atoms. The minimum absolute atomic E-state index is 0.0715. The Morgan fingerprint density at radius 2 is 2.19 bits per heavy atom. The van der Waals surface area contributed by atoms with E-state index in [1.54, 1.807) is 6.08 Å². The number of hydrogen-bond donors (Lipinski definition) is 1. The summed E-state index contributed by atoms with van der Waals surface area (Å²) in [5.74, 6) is 0.0715. The third-order valence-corrected chi connectivity index (χ3v) is 2.70. The van der Waals surface area contributed by atoms with Gasteiger partial charge in [0.15, 0.2) is 5.78 Å². The van der Waals surface area contributed by atoms with E-state index in [-0.39, 0.29) is 11.8 Å². The molecule has 0 unspecified atom stereocenters. The van der Waals surface area contributed by atoms with E-state index in [9.17, 15) is 9.59 Å². The molecule has 1 atom stereocenters. The summed E-state index contributed by atoms with van der Waals surface area (Å²) in [6.07, 6.45) is 2.31. The van der Waals surface area contributed by atoms with Crippen LogP contribution in [-0.2, 0) is 9.53 Å². The lowest BCUT2D eigenvalue weighted by molar-refractivity contribution is -0.115. The second kappa shape index (κ2) is 4.99. The normalized spacial score (nSPS) is 21.4. The van der Waals surface area contributed by atoms with E-state index in [0.29, 0.717) is 17.3 Å². The van der Waals surface area contributed by atoms with Crippen LogP contribution in [-0.4, -0.2) is 23.5 Å². The van der Waals surface area contributed by atoms with Crippen LogP contribution in [0.2, 0.25) is 0 Å². The molecule has 0 spiro atoms. The zero-order valence-corrected chi connectivity index (χ0v) is 11.3. The van der Waals surface area contributed by atoms with E-state index in [0.717, 1.165) is 0 Å². The fraction of sp³-hybridized carbons (Fsp3) is 0.636. The molecule has 0 bridgehead atoms. The molecule has 0 fully saturated rings. The largest absolute Gasteiger partial charge is 0.444 e. The summed E-state index contributed by atoms with van der Waals surface area (Å²) < 4.78 is 5.65.